The first-order valence-corrected chi connectivity index (χ1v) is 31.8. The number of rotatable bonds is 30. The number of thiophene rings is 2. The van der Waals surface area contributed by atoms with Gasteiger partial charge in [0.05, 0.1) is 126 Å². The Kier molecular flexibility index (Phi) is 31.1. The molecule has 0 bridgehead atoms. The number of benzene rings is 2. The van der Waals surface area contributed by atoms with Gasteiger partial charge in [0.15, 0.2) is 0 Å². The lowest BCUT2D eigenvalue weighted by molar-refractivity contribution is -0.156. The summed E-state index contributed by atoms with van der Waals surface area (Å²) in [6, 6.07) is 14.6. The number of nitrogens with zero attached hydrogens (tertiary/aromatic N) is 10. The van der Waals surface area contributed by atoms with Gasteiger partial charge in [-0.25, -0.2) is 14.5 Å². The summed E-state index contributed by atoms with van der Waals surface area (Å²) >= 11 is 2.37. The number of aliphatic hydroxyl groups excluding tert-OH is 1. The first-order chi connectivity index (χ1) is 42.9. The van der Waals surface area contributed by atoms with E-state index >= 15 is 0 Å². The second kappa shape index (κ2) is 38.2. The molecular formula is C65H84N10O12S2. The minimum Gasteiger partial charge on any atom is -0.463 e. The second-order valence-corrected chi connectivity index (χ2v) is 24.0. The zero-order valence-corrected chi connectivity index (χ0v) is 54.3. The van der Waals surface area contributed by atoms with Crippen molar-refractivity contribution >= 4 is 95.5 Å². The highest BCUT2D eigenvalue weighted by atomic mass is 32.1. The number of cyclic esters (lactones) is 2. The Morgan fingerprint density at radius 2 is 1.07 bits per heavy atom. The molecule has 4 atom stereocenters. The standard InChI is InChI=1S/C36H49N5O7S.C21H25N5O2S.C8H10O3/c1-25(2)41(29-11-12-32(26(3)23-29)39-40-35-34(38-6)27(4)33(24-37)49-35)13-14-44-15-16-45-17-18-46-19-20-47-21-22-48-36(43)31-10-8-7-9-30(31)28(5)42;1-14(2)26(9-11-28-12-10-27)17-7-8-18(15(3)13-17)24-25-21-19(22-5)16(4)20(23-6)29-21;9-7-5-3-1-2-4-6(5)8(10)11-7/h11-12,23,25,30-31H,7-10,13-22H2,1-5H3;7-8,13-14,27H,9-12H2,1-4H3;5-6H,1-4H2. The lowest BCUT2D eigenvalue weighted by atomic mass is 9.77. The lowest BCUT2D eigenvalue weighted by Crippen LogP contribution is -2.34. The fraction of sp³-hybridized carbons (Fsp3) is 0.569. The number of hydrogen-bond acceptors (Lipinski definition) is 21. The maximum atomic E-state index is 12.4. The molecule has 0 radical (unpaired) electrons. The van der Waals surface area contributed by atoms with Crippen LogP contribution in [-0.4, -0.2) is 133 Å². The fourth-order valence-electron chi connectivity index (χ4n) is 10.4. The zero-order valence-electron chi connectivity index (χ0n) is 52.7. The SMILES string of the molecule is O=C1OC(=O)C2CCCCC12.[C-]#[N+]c1c(N=Nc2ccc(N(CCOCCOCCOCCOCCOC(=O)C3CCCCC3C(C)=O)C(C)C)cc2C)sc(C#N)c1C.[C-]#[N+]c1sc(N=Nc2ccc(N(CCOCCO)C(C)C)cc2C)c([N+]#[C-])c1C. The van der Waals surface area contributed by atoms with Gasteiger partial charge in [-0.2, -0.15) is 25.7 Å². The smallest absolute Gasteiger partial charge is 0.317 e. The van der Waals surface area contributed by atoms with E-state index in [2.05, 4.69) is 95.4 Å². The number of anilines is 2. The third-order valence-electron chi connectivity index (χ3n) is 15.3. The third-order valence-corrected chi connectivity index (χ3v) is 17.4. The predicted molar refractivity (Wildman–Crippen MR) is 342 cm³/mol. The van der Waals surface area contributed by atoms with Gasteiger partial charge in [0.1, 0.15) is 28.5 Å². The van der Waals surface area contributed by atoms with Crippen LogP contribution >= 0.6 is 22.7 Å². The quantitative estimate of drug-likeness (QED) is 0.0168. The van der Waals surface area contributed by atoms with Gasteiger partial charge in [-0.05, 0) is 140 Å². The van der Waals surface area contributed by atoms with E-state index < -0.39 is 0 Å². The molecule has 4 unspecified atom stereocenters. The molecule has 4 aromatic rings. The summed E-state index contributed by atoms with van der Waals surface area (Å²) in [6.45, 7) is 45.5. The minimum absolute atomic E-state index is 0.0246. The average molecular weight is 1260 g/mol. The molecule has 3 fully saturated rings. The Morgan fingerprint density at radius 3 is 1.51 bits per heavy atom. The van der Waals surface area contributed by atoms with Crippen molar-refractivity contribution in [3.8, 4) is 6.07 Å². The fourth-order valence-corrected chi connectivity index (χ4v) is 12.1. The Morgan fingerprint density at radius 1 is 0.629 bits per heavy atom. The van der Waals surface area contributed by atoms with Crippen LogP contribution < -0.4 is 9.80 Å². The third kappa shape index (κ3) is 22.0. The molecule has 3 aliphatic rings. The number of azo groups is 2. The maximum Gasteiger partial charge on any atom is 0.317 e. The molecule has 2 aliphatic carbocycles. The van der Waals surface area contributed by atoms with Crippen molar-refractivity contribution in [2.45, 2.75) is 126 Å². The van der Waals surface area contributed by atoms with Gasteiger partial charge in [0.25, 0.3) is 0 Å². The average Bonchev–Trinajstić information content (AvgIpc) is 3.22. The Labute approximate surface area is 531 Å². The predicted octanol–water partition coefficient (Wildman–Crippen LogP) is 14.4. The molecule has 0 spiro atoms. The second-order valence-electron chi connectivity index (χ2n) is 22.1. The Balaban J connectivity index is 0.000000299. The number of nitriles is 1. The van der Waals surface area contributed by atoms with E-state index in [0.717, 1.165) is 79.7 Å². The minimum atomic E-state index is -0.321. The van der Waals surface area contributed by atoms with Crippen LogP contribution in [0.2, 0.25) is 0 Å². The summed E-state index contributed by atoms with van der Waals surface area (Å²) in [5.41, 5.74) is 7.54. The molecule has 2 aromatic heterocycles. The van der Waals surface area contributed by atoms with Crippen LogP contribution in [0.1, 0.15) is 113 Å². The number of Topliss-reactive ketones (excluding diaryl/α,β-unsaturated/α-hetero) is 1. The van der Waals surface area contributed by atoms with Gasteiger partial charge in [0.2, 0.25) is 16.4 Å². The number of esters is 3. The van der Waals surface area contributed by atoms with Crippen LogP contribution in [0, 0.1) is 82.4 Å². The molecule has 0 amide bonds. The van der Waals surface area contributed by atoms with Crippen LogP contribution in [0.5, 0.6) is 0 Å². The molecule has 89 heavy (non-hydrogen) atoms. The van der Waals surface area contributed by atoms with Crippen molar-refractivity contribution in [2.24, 2.45) is 44.1 Å². The van der Waals surface area contributed by atoms with E-state index in [1.807, 2.05) is 38.1 Å². The number of carbonyl (C=O) groups is 4. The molecule has 22 nitrogen and oxygen atoms in total. The summed E-state index contributed by atoms with van der Waals surface area (Å²) < 4.78 is 37.7. The van der Waals surface area contributed by atoms with Crippen molar-refractivity contribution in [1.82, 2.24) is 0 Å². The van der Waals surface area contributed by atoms with Crippen molar-refractivity contribution in [2.75, 3.05) is 102 Å². The van der Waals surface area contributed by atoms with E-state index in [4.69, 9.17) is 53.2 Å². The van der Waals surface area contributed by atoms with E-state index in [0.29, 0.717) is 133 Å². The van der Waals surface area contributed by atoms with E-state index in [-0.39, 0.29) is 66.6 Å². The van der Waals surface area contributed by atoms with Crippen molar-refractivity contribution < 1.29 is 57.4 Å². The molecule has 3 heterocycles. The van der Waals surface area contributed by atoms with Gasteiger partial charge < -0.3 is 48.1 Å². The van der Waals surface area contributed by atoms with Crippen molar-refractivity contribution in [3.63, 3.8) is 0 Å². The molecule has 1 saturated heterocycles. The highest BCUT2D eigenvalue weighted by molar-refractivity contribution is 7.20. The number of hydrogen-bond donors (Lipinski definition) is 1. The van der Waals surface area contributed by atoms with Gasteiger partial charge in [0, 0.05) is 42.5 Å². The molecule has 7 rings (SSSR count). The summed E-state index contributed by atoms with van der Waals surface area (Å²) in [7, 11) is 0. The molecular weight excluding hydrogens is 1180 g/mol. The summed E-state index contributed by atoms with van der Waals surface area (Å²) in [4.78, 5) is 61.6. The van der Waals surface area contributed by atoms with Crippen molar-refractivity contribution in [3.05, 3.63) is 97.8 Å². The Hall–Kier alpha value is -7.36. The molecule has 24 heteroatoms. The van der Waals surface area contributed by atoms with Gasteiger partial charge >= 0.3 is 17.9 Å². The highest BCUT2D eigenvalue weighted by Gasteiger charge is 2.45. The summed E-state index contributed by atoms with van der Waals surface area (Å²) in [5.74, 6) is -1.54. The van der Waals surface area contributed by atoms with Gasteiger partial charge in [-0.3, -0.25) is 19.2 Å². The van der Waals surface area contributed by atoms with Crippen LogP contribution in [0.4, 0.5) is 49.1 Å². The molecule has 2 aromatic carbocycles. The number of carbonyl (C=O) groups excluding carboxylic acids is 4. The normalized spacial score (nSPS) is 17.0. The summed E-state index contributed by atoms with van der Waals surface area (Å²) in [6.07, 6.45) is 7.22. The molecule has 1 N–H and O–H groups in total. The first-order valence-electron chi connectivity index (χ1n) is 30.2. The number of ketones is 1. The highest BCUT2D eigenvalue weighted by Crippen LogP contribution is 2.48. The number of ether oxygens (including phenoxy) is 7. The molecule has 1 aliphatic heterocycles. The van der Waals surface area contributed by atoms with Crippen LogP contribution in [0.15, 0.2) is 56.9 Å². The Bertz CT molecular complexity index is 3200. The zero-order chi connectivity index (χ0) is 64.8. The molecule has 2 saturated carbocycles. The van der Waals surface area contributed by atoms with Crippen molar-refractivity contribution in [1.29, 1.82) is 5.26 Å². The van der Waals surface area contributed by atoms with Crippen LogP contribution in [-0.2, 0) is 52.3 Å². The first kappa shape index (κ1) is 72.4. The molecule has 478 valence electrons. The number of fused-ring (bicyclic) bond motifs is 1. The number of aliphatic hydroxyl groups is 1. The van der Waals surface area contributed by atoms with Gasteiger partial charge in [-0.15, -0.1) is 22.7 Å². The van der Waals surface area contributed by atoms with E-state index in [1.165, 1.54) is 22.7 Å². The topological polar surface area (TPSA) is 246 Å². The van der Waals surface area contributed by atoms with Crippen LogP contribution in [0.25, 0.3) is 14.5 Å². The van der Waals surface area contributed by atoms with Crippen LogP contribution in [0.3, 0.4) is 0 Å². The van der Waals surface area contributed by atoms with Gasteiger partial charge in [-0.1, -0.05) is 32.6 Å². The lowest BCUT2D eigenvalue weighted by Gasteiger charge is -2.29. The maximum absolute atomic E-state index is 12.4. The van der Waals surface area contributed by atoms with E-state index in [9.17, 15) is 24.4 Å². The van der Waals surface area contributed by atoms with E-state index in [1.54, 1.807) is 20.8 Å². The number of aryl methyl sites for hydroxylation is 2. The largest absolute Gasteiger partial charge is 0.463 e. The summed E-state index contributed by atoms with van der Waals surface area (Å²) in [5, 5.41) is 36.7. The monoisotopic (exact) mass is 1260 g/mol.